The van der Waals surface area contributed by atoms with Crippen molar-refractivity contribution in [1.29, 1.82) is 0 Å². The average Bonchev–Trinajstić information content (AvgIpc) is 2.40. The number of pyridine rings is 1. The molecule has 6 heteroatoms. The normalized spacial score (nSPS) is 23.7. The lowest BCUT2D eigenvalue weighted by molar-refractivity contribution is -0.0500. The number of nitrogens with zero attached hydrogens (tertiary/aromatic N) is 2. The van der Waals surface area contributed by atoms with Gasteiger partial charge in [-0.05, 0) is 36.9 Å². The first-order valence-corrected chi connectivity index (χ1v) is 6.46. The van der Waals surface area contributed by atoms with Gasteiger partial charge in [0, 0.05) is 13.1 Å². The van der Waals surface area contributed by atoms with Gasteiger partial charge in [-0.15, -0.1) is 0 Å². The third kappa shape index (κ3) is 3.53. The number of alkyl halides is 2. The first-order chi connectivity index (χ1) is 9.10. The van der Waals surface area contributed by atoms with E-state index in [0.29, 0.717) is 18.4 Å². The van der Waals surface area contributed by atoms with Gasteiger partial charge in [0.1, 0.15) is 11.6 Å². The van der Waals surface area contributed by atoms with Gasteiger partial charge < -0.3 is 15.4 Å². The highest BCUT2D eigenvalue weighted by molar-refractivity contribution is 5.41. The van der Waals surface area contributed by atoms with E-state index in [1.165, 1.54) is 12.3 Å². The summed E-state index contributed by atoms with van der Waals surface area (Å²) < 4.78 is 28.4. The van der Waals surface area contributed by atoms with E-state index < -0.39 is 6.61 Å². The van der Waals surface area contributed by atoms with Crippen molar-refractivity contribution in [2.24, 2.45) is 17.6 Å². The maximum absolute atomic E-state index is 12.0. The Kier molecular flexibility index (Phi) is 4.52. The standard InChI is InChI=1S/C13H19F2N3O/c1-9-4-5-18(8-10(9)6-16)12-3-2-11(7-17-12)19-13(14)15/h2-3,7,9-10,13H,4-6,8,16H2,1H3. The second kappa shape index (κ2) is 6.14. The fourth-order valence-corrected chi connectivity index (χ4v) is 2.40. The van der Waals surface area contributed by atoms with Gasteiger partial charge in [-0.2, -0.15) is 8.78 Å². The molecule has 0 aromatic carbocycles. The lowest BCUT2D eigenvalue weighted by Gasteiger charge is -2.37. The van der Waals surface area contributed by atoms with Crippen molar-refractivity contribution in [3.63, 3.8) is 0 Å². The van der Waals surface area contributed by atoms with Gasteiger partial charge in [0.05, 0.1) is 6.20 Å². The smallest absolute Gasteiger partial charge is 0.387 e. The van der Waals surface area contributed by atoms with E-state index in [-0.39, 0.29) is 5.75 Å². The topological polar surface area (TPSA) is 51.4 Å². The van der Waals surface area contributed by atoms with Crippen LogP contribution in [0.1, 0.15) is 13.3 Å². The molecule has 1 aromatic heterocycles. The number of hydrogen-bond donors (Lipinski definition) is 1. The van der Waals surface area contributed by atoms with Crippen molar-refractivity contribution in [2.45, 2.75) is 20.0 Å². The SMILES string of the molecule is CC1CCN(c2ccc(OC(F)F)cn2)CC1CN. The Morgan fingerprint density at radius 3 is 2.89 bits per heavy atom. The quantitative estimate of drug-likeness (QED) is 0.911. The van der Waals surface area contributed by atoms with Gasteiger partial charge in [0.25, 0.3) is 0 Å². The number of halogens is 2. The second-order valence-electron chi connectivity index (χ2n) is 4.94. The van der Waals surface area contributed by atoms with Gasteiger partial charge in [-0.25, -0.2) is 4.98 Å². The third-order valence-electron chi connectivity index (χ3n) is 3.69. The van der Waals surface area contributed by atoms with Gasteiger partial charge in [0.2, 0.25) is 0 Å². The summed E-state index contributed by atoms with van der Waals surface area (Å²) in [5, 5.41) is 0. The predicted molar refractivity (Wildman–Crippen MR) is 69.4 cm³/mol. The Morgan fingerprint density at radius 1 is 1.53 bits per heavy atom. The molecule has 2 atom stereocenters. The molecule has 0 saturated carbocycles. The van der Waals surface area contributed by atoms with Gasteiger partial charge in [-0.1, -0.05) is 6.92 Å². The van der Waals surface area contributed by atoms with E-state index >= 15 is 0 Å². The van der Waals surface area contributed by atoms with Crippen LogP contribution in [0.3, 0.4) is 0 Å². The van der Waals surface area contributed by atoms with E-state index in [2.05, 4.69) is 21.5 Å². The Balaban J connectivity index is 2.02. The predicted octanol–water partition coefficient (Wildman–Crippen LogP) is 2.10. The highest BCUT2D eigenvalue weighted by Gasteiger charge is 2.25. The monoisotopic (exact) mass is 271 g/mol. The van der Waals surface area contributed by atoms with Crippen LogP contribution in [0.2, 0.25) is 0 Å². The van der Waals surface area contributed by atoms with Crippen LogP contribution in [-0.4, -0.2) is 31.2 Å². The van der Waals surface area contributed by atoms with E-state index in [0.717, 1.165) is 25.3 Å². The number of hydrogen-bond acceptors (Lipinski definition) is 4. The molecule has 19 heavy (non-hydrogen) atoms. The Bertz CT molecular complexity index is 399. The van der Waals surface area contributed by atoms with Crippen molar-refractivity contribution >= 4 is 5.82 Å². The molecule has 2 unspecified atom stereocenters. The minimum absolute atomic E-state index is 0.0829. The van der Waals surface area contributed by atoms with Gasteiger partial charge in [0.15, 0.2) is 0 Å². The number of nitrogens with two attached hydrogens (primary N) is 1. The highest BCUT2D eigenvalue weighted by atomic mass is 19.3. The molecular weight excluding hydrogens is 252 g/mol. The van der Waals surface area contributed by atoms with Crippen molar-refractivity contribution in [2.75, 3.05) is 24.5 Å². The summed E-state index contributed by atoms with van der Waals surface area (Å²) in [7, 11) is 0. The largest absolute Gasteiger partial charge is 0.433 e. The minimum Gasteiger partial charge on any atom is -0.433 e. The molecule has 1 aromatic rings. The summed E-state index contributed by atoms with van der Waals surface area (Å²) in [5.41, 5.74) is 5.76. The lowest BCUT2D eigenvalue weighted by atomic mass is 9.87. The van der Waals surface area contributed by atoms with Gasteiger partial charge in [-0.3, -0.25) is 0 Å². The molecule has 0 amide bonds. The molecule has 2 rings (SSSR count). The fourth-order valence-electron chi connectivity index (χ4n) is 2.40. The lowest BCUT2D eigenvalue weighted by Crippen LogP contribution is -2.43. The van der Waals surface area contributed by atoms with Crippen LogP contribution in [0.5, 0.6) is 5.75 Å². The van der Waals surface area contributed by atoms with Crippen LogP contribution in [0.15, 0.2) is 18.3 Å². The minimum atomic E-state index is -2.81. The Morgan fingerprint density at radius 2 is 2.32 bits per heavy atom. The van der Waals surface area contributed by atoms with Crippen molar-refractivity contribution in [3.05, 3.63) is 18.3 Å². The van der Waals surface area contributed by atoms with E-state index in [9.17, 15) is 8.78 Å². The molecule has 0 bridgehead atoms. The zero-order valence-electron chi connectivity index (χ0n) is 10.9. The van der Waals surface area contributed by atoms with Crippen LogP contribution in [0.25, 0.3) is 0 Å². The highest BCUT2D eigenvalue weighted by Crippen LogP contribution is 2.26. The first-order valence-electron chi connectivity index (χ1n) is 6.46. The molecule has 4 nitrogen and oxygen atoms in total. The van der Waals surface area contributed by atoms with E-state index in [1.807, 2.05) is 0 Å². The van der Waals surface area contributed by atoms with Crippen LogP contribution in [0.4, 0.5) is 14.6 Å². The molecule has 0 radical (unpaired) electrons. The molecular formula is C13H19F2N3O. The number of piperidine rings is 1. The van der Waals surface area contributed by atoms with Crippen LogP contribution in [-0.2, 0) is 0 Å². The average molecular weight is 271 g/mol. The Labute approximate surface area is 111 Å². The maximum Gasteiger partial charge on any atom is 0.387 e. The van der Waals surface area contributed by atoms with Crippen LogP contribution >= 0.6 is 0 Å². The van der Waals surface area contributed by atoms with Gasteiger partial charge >= 0.3 is 6.61 Å². The second-order valence-corrected chi connectivity index (χ2v) is 4.94. The van der Waals surface area contributed by atoms with Crippen molar-refractivity contribution in [1.82, 2.24) is 4.98 Å². The molecule has 2 heterocycles. The molecule has 0 aliphatic carbocycles. The number of anilines is 1. The summed E-state index contributed by atoms with van der Waals surface area (Å²) in [5.74, 6) is 1.93. The van der Waals surface area contributed by atoms with Crippen molar-refractivity contribution in [3.8, 4) is 5.75 Å². The fraction of sp³-hybridized carbons (Fsp3) is 0.615. The zero-order chi connectivity index (χ0) is 13.8. The molecule has 1 fully saturated rings. The van der Waals surface area contributed by atoms with Crippen LogP contribution < -0.4 is 15.4 Å². The first kappa shape index (κ1) is 14.0. The summed E-state index contributed by atoms with van der Waals surface area (Å²) in [4.78, 5) is 6.32. The number of rotatable bonds is 4. The summed E-state index contributed by atoms with van der Waals surface area (Å²) in [6.45, 7) is 1.83. The molecule has 2 N–H and O–H groups in total. The third-order valence-corrected chi connectivity index (χ3v) is 3.69. The zero-order valence-corrected chi connectivity index (χ0v) is 10.9. The summed E-state index contributed by atoms with van der Waals surface area (Å²) in [6, 6.07) is 3.23. The maximum atomic E-state index is 12.0. The summed E-state index contributed by atoms with van der Waals surface area (Å²) >= 11 is 0. The molecule has 1 aliphatic heterocycles. The number of aromatic nitrogens is 1. The van der Waals surface area contributed by atoms with Crippen molar-refractivity contribution < 1.29 is 13.5 Å². The number of ether oxygens (including phenoxy) is 1. The molecule has 106 valence electrons. The molecule has 0 spiro atoms. The van der Waals surface area contributed by atoms with Crippen LogP contribution in [0, 0.1) is 11.8 Å². The molecule has 1 aliphatic rings. The van der Waals surface area contributed by atoms with E-state index in [4.69, 9.17) is 5.73 Å². The molecule has 1 saturated heterocycles. The van der Waals surface area contributed by atoms with E-state index in [1.54, 1.807) is 6.07 Å². The summed E-state index contributed by atoms with van der Waals surface area (Å²) in [6.07, 6.45) is 2.40. The Hall–Kier alpha value is -1.43.